The molecule has 1 atom stereocenters. The van der Waals surface area contributed by atoms with Gasteiger partial charge in [-0.05, 0) is 19.1 Å². The molecule has 1 heterocycles. The first-order valence-electron chi connectivity index (χ1n) is 5.52. The highest BCUT2D eigenvalue weighted by atomic mass is 16.2. The average Bonchev–Trinajstić information content (AvgIpc) is 2.61. The van der Waals surface area contributed by atoms with Crippen molar-refractivity contribution in [2.24, 2.45) is 0 Å². The molecule has 6 nitrogen and oxygen atoms in total. The van der Waals surface area contributed by atoms with Crippen molar-refractivity contribution in [3.05, 3.63) is 29.8 Å². The Balaban J connectivity index is 1.91. The molecule has 0 aromatic heterocycles. The Kier molecular flexibility index (Phi) is 3.27. The summed E-state index contributed by atoms with van der Waals surface area (Å²) in [6.45, 7) is 1.95. The zero-order valence-electron chi connectivity index (χ0n) is 9.82. The van der Waals surface area contributed by atoms with Crippen molar-refractivity contribution in [1.82, 2.24) is 10.6 Å². The van der Waals surface area contributed by atoms with Crippen molar-refractivity contribution < 1.29 is 14.4 Å². The minimum Gasteiger partial charge on any atom is -0.326 e. The maximum atomic E-state index is 11.7. The summed E-state index contributed by atoms with van der Waals surface area (Å²) in [7, 11) is 0. The second-order valence-electron chi connectivity index (χ2n) is 4.13. The van der Waals surface area contributed by atoms with Crippen LogP contribution in [-0.2, 0) is 9.59 Å². The number of hydrogen-bond donors (Lipinski definition) is 3. The van der Waals surface area contributed by atoms with Gasteiger partial charge in [0.25, 0.3) is 5.91 Å². The number of carbonyl (C=O) groups is 3. The van der Waals surface area contributed by atoms with Gasteiger partial charge in [0.1, 0.15) is 6.04 Å². The average molecular weight is 247 g/mol. The van der Waals surface area contributed by atoms with E-state index in [-0.39, 0.29) is 12.3 Å². The monoisotopic (exact) mass is 247 g/mol. The Morgan fingerprint density at radius 2 is 1.94 bits per heavy atom. The maximum absolute atomic E-state index is 11.7. The first-order valence-corrected chi connectivity index (χ1v) is 5.52. The van der Waals surface area contributed by atoms with E-state index < -0.39 is 18.0 Å². The van der Waals surface area contributed by atoms with Gasteiger partial charge in [0.2, 0.25) is 5.91 Å². The van der Waals surface area contributed by atoms with Gasteiger partial charge in [0.15, 0.2) is 0 Å². The van der Waals surface area contributed by atoms with Gasteiger partial charge in [0.05, 0.1) is 6.42 Å². The van der Waals surface area contributed by atoms with Crippen LogP contribution >= 0.6 is 0 Å². The molecule has 0 spiro atoms. The summed E-state index contributed by atoms with van der Waals surface area (Å²) in [6, 6.07) is 5.96. The summed E-state index contributed by atoms with van der Waals surface area (Å²) >= 11 is 0. The van der Waals surface area contributed by atoms with Crippen LogP contribution in [0, 0.1) is 6.92 Å². The lowest BCUT2D eigenvalue weighted by Crippen LogP contribution is -2.33. The zero-order valence-corrected chi connectivity index (χ0v) is 9.82. The first-order chi connectivity index (χ1) is 8.54. The predicted molar refractivity (Wildman–Crippen MR) is 64.9 cm³/mol. The van der Waals surface area contributed by atoms with E-state index in [0.717, 1.165) is 5.56 Å². The highest BCUT2D eigenvalue weighted by Gasteiger charge is 2.31. The molecule has 1 aromatic carbocycles. The topological polar surface area (TPSA) is 87.3 Å². The molecule has 0 bridgehead atoms. The number of carbonyl (C=O) groups excluding carboxylic acids is 3. The molecule has 6 heteroatoms. The van der Waals surface area contributed by atoms with Gasteiger partial charge >= 0.3 is 6.03 Å². The summed E-state index contributed by atoms with van der Waals surface area (Å²) in [5.41, 5.74) is 1.76. The first kappa shape index (κ1) is 12.1. The lowest BCUT2D eigenvalue weighted by atomic mass is 10.2. The molecular weight excluding hydrogens is 234 g/mol. The number of anilines is 1. The number of imide groups is 1. The Bertz CT molecular complexity index is 496. The van der Waals surface area contributed by atoms with Crippen LogP contribution in [0.25, 0.3) is 0 Å². The van der Waals surface area contributed by atoms with Gasteiger partial charge < -0.3 is 10.6 Å². The van der Waals surface area contributed by atoms with E-state index in [1.54, 1.807) is 12.1 Å². The van der Waals surface area contributed by atoms with Crippen LogP contribution in [0.2, 0.25) is 0 Å². The van der Waals surface area contributed by atoms with Crippen molar-refractivity contribution >= 4 is 23.5 Å². The molecule has 1 aromatic rings. The number of amides is 4. The van der Waals surface area contributed by atoms with Crippen molar-refractivity contribution in [1.29, 1.82) is 0 Å². The molecule has 94 valence electrons. The van der Waals surface area contributed by atoms with E-state index in [1.807, 2.05) is 19.1 Å². The highest BCUT2D eigenvalue weighted by molar-refractivity contribution is 6.06. The normalized spacial score (nSPS) is 18.2. The third kappa shape index (κ3) is 2.85. The summed E-state index contributed by atoms with van der Waals surface area (Å²) in [6.07, 6.45) is -0.0779. The van der Waals surface area contributed by atoms with Gasteiger partial charge in [-0.1, -0.05) is 17.7 Å². The van der Waals surface area contributed by atoms with Gasteiger partial charge in [-0.3, -0.25) is 14.9 Å². The summed E-state index contributed by atoms with van der Waals surface area (Å²) in [5.74, 6) is -0.791. The predicted octanol–water partition coefficient (Wildman–Crippen LogP) is 0.532. The van der Waals surface area contributed by atoms with E-state index in [2.05, 4.69) is 16.0 Å². The Morgan fingerprint density at radius 1 is 1.28 bits per heavy atom. The second-order valence-corrected chi connectivity index (χ2v) is 4.13. The third-order valence-electron chi connectivity index (χ3n) is 2.58. The summed E-state index contributed by atoms with van der Waals surface area (Å²) in [5, 5.41) is 7.10. The van der Waals surface area contributed by atoms with E-state index in [1.165, 1.54) is 0 Å². The number of nitrogens with one attached hydrogen (secondary N) is 3. The molecule has 1 aliphatic rings. The number of hydrogen-bond acceptors (Lipinski definition) is 3. The van der Waals surface area contributed by atoms with E-state index in [0.29, 0.717) is 5.69 Å². The molecule has 1 unspecified atom stereocenters. The SMILES string of the molecule is Cc1ccc(NC(=O)CC2NC(=O)NC2=O)cc1. The smallest absolute Gasteiger partial charge is 0.322 e. The van der Waals surface area contributed by atoms with Crippen LogP contribution in [0.5, 0.6) is 0 Å². The number of benzene rings is 1. The molecule has 1 fully saturated rings. The van der Waals surface area contributed by atoms with Crippen LogP contribution in [0.15, 0.2) is 24.3 Å². The van der Waals surface area contributed by atoms with Gasteiger partial charge in [-0.15, -0.1) is 0 Å². The van der Waals surface area contributed by atoms with Crippen molar-refractivity contribution in [2.75, 3.05) is 5.32 Å². The molecule has 3 N–H and O–H groups in total. The van der Waals surface area contributed by atoms with Crippen LogP contribution in [0.4, 0.5) is 10.5 Å². The third-order valence-corrected chi connectivity index (χ3v) is 2.58. The standard InChI is InChI=1S/C12H13N3O3/c1-7-2-4-8(5-3-7)13-10(16)6-9-11(17)15-12(18)14-9/h2-5,9H,6H2,1H3,(H,13,16)(H2,14,15,17,18). The van der Waals surface area contributed by atoms with Crippen LogP contribution < -0.4 is 16.0 Å². The lowest BCUT2D eigenvalue weighted by Gasteiger charge is -2.08. The molecule has 2 rings (SSSR count). The zero-order chi connectivity index (χ0) is 13.1. The minimum absolute atomic E-state index is 0.0779. The highest BCUT2D eigenvalue weighted by Crippen LogP contribution is 2.09. The van der Waals surface area contributed by atoms with Crippen LogP contribution in [0.1, 0.15) is 12.0 Å². The fraction of sp³-hybridized carbons (Fsp3) is 0.250. The number of rotatable bonds is 3. The van der Waals surface area contributed by atoms with E-state index in [4.69, 9.17) is 0 Å². The van der Waals surface area contributed by atoms with Gasteiger partial charge in [-0.2, -0.15) is 0 Å². The van der Waals surface area contributed by atoms with Crippen molar-refractivity contribution in [2.45, 2.75) is 19.4 Å². The van der Waals surface area contributed by atoms with Crippen molar-refractivity contribution in [3.63, 3.8) is 0 Å². The quantitative estimate of drug-likeness (QED) is 0.681. The Labute approximate surface area is 104 Å². The lowest BCUT2D eigenvalue weighted by molar-refractivity contribution is -0.124. The summed E-state index contributed by atoms with van der Waals surface area (Å²) < 4.78 is 0. The van der Waals surface area contributed by atoms with Crippen LogP contribution in [0.3, 0.4) is 0 Å². The molecule has 18 heavy (non-hydrogen) atoms. The number of urea groups is 1. The second kappa shape index (κ2) is 4.87. The Hall–Kier alpha value is -2.37. The molecule has 0 saturated carbocycles. The van der Waals surface area contributed by atoms with E-state index in [9.17, 15) is 14.4 Å². The molecule has 0 radical (unpaired) electrons. The van der Waals surface area contributed by atoms with Crippen LogP contribution in [-0.4, -0.2) is 23.9 Å². The molecule has 1 saturated heterocycles. The Morgan fingerprint density at radius 3 is 2.50 bits per heavy atom. The van der Waals surface area contributed by atoms with E-state index >= 15 is 0 Å². The number of aryl methyl sites for hydroxylation is 1. The molecule has 0 aliphatic carbocycles. The fourth-order valence-corrected chi connectivity index (χ4v) is 1.64. The minimum atomic E-state index is -0.789. The summed E-state index contributed by atoms with van der Waals surface area (Å²) in [4.78, 5) is 33.8. The fourth-order valence-electron chi connectivity index (χ4n) is 1.64. The van der Waals surface area contributed by atoms with Gasteiger partial charge in [-0.25, -0.2) is 4.79 Å². The molecule has 1 aliphatic heterocycles. The largest absolute Gasteiger partial charge is 0.326 e. The van der Waals surface area contributed by atoms with Gasteiger partial charge in [0, 0.05) is 5.69 Å². The molecule has 4 amide bonds. The van der Waals surface area contributed by atoms with Crippen molar-refractivity contribution in [3.8, 4) is 0 Å². The maximum Gasteiger partial charge on any atom is 0.322 e. The molecular formula is C12H13N3O3.